The second kappa shape index (κ2) is 5.03. The van der Waals surface area contributed by atoms with Crippen LogP contribution in [-0.4, -0.2) is 18.4 Å². The molecule has 2 N–H and O–H groups in total. The molecule has 0 aromatic heterocycles. The minimum atomic E-state index is -0.0455. The van der Waals surface area contributed by atoms with Crippen LogP contribution in [0.25, 0.3) is 0 Å². The summed E-state index contributed by atoms with van der Waals surface area (Å²) in [5.74, 6) is 0.590. The number of amides is 2. The Kier molecular flexibility index (Phi) is 3.23. The molecule has 2 amide bonds. The van der Waals surface area contributed by atoms with Crippen LogP contribution in [0.1, 0.15) is 41.6 Å². The maximum absolute atomic E-state index is 12.1. The summed E-state index contributed by atoms with van der Waals surface area (Å²) in [7, 11) is 0. The molecular weight excluding hydrogens is 240 g/mol. The lowest BCUT2D eigenvalue weighted by atomic mass is 10.1. The van der Waals surface area contributed by atoms with Crippen molar-refractivity contribution in [1.29, 1.82) is 0 Å². The van der Waals surface area contributed by atoms with Crippen LogP contribution in [0.2, 0.25) is 0 Å². The summed E-state index contributed by atoms with van der Waals surface area (Å²) in [4.78, 5) is 23.3. The van der Waals surface area contributed by atoms with Gasteiger partial charge in [-0.2, -0.15) is 0 Å². The van der Waals surface area contributed by atoms with E-state index in [0.29, 0.717) is 17.9 Å². The highest BCUT2D eigenvalue weighted by atomic mass is 16.2. The number of carbonyl (C=O) groups excluding carboxylic acids is 2. The fourth-order valence-corrected chi connectivity index (χ4v) is 2.91. The summed E-state index contributed by atoms with van der Waals surface area (Å²) < 4.78 is 0. The quantitative estimate of drug-likeness (QED) is 0.872. The third-order valence-corrected chi connectivity index (χ3v) is 4.02. The molecule has 3 rings (SSSR count). The molecule has 1 fully saturated rings. The molecule has 1 aromatic carbocycles. The first-order chi connectivity index (χ1) is 9.22. The van der Waals surface area contributed by atoms with E-state index in [1.165, 1.54) is 25.7 Å². The zero-order valence-electron chi connectivity index (χ0n) is 10.9. The molecule has 19 heavy (non-hydrogen) atoms. The van der Waals surface area contributed by atoms with E-state index in [1.807, 2.05) is 6.07 Å². The second-order valence-corrected chi connectivity index (χ2v) is 5.46. The van der Waals surface area contributed by atoms with Crippen molar-refractivity contribution in [2.75, 3.05) is 11.9 Å². The smallest absolute Gasteiger partial charge is 0.251 e. The van der Waals surface area contributed by atoms with Crippen LogP contribution in [0, 0.1) is 5.92 Å². The number of carbonyl (C=O) groups is 2. The molecule has 0 unspecified atom stereocenters. The highest BCUT2D eigenvalue weighted by Gasteiger charge is 2.20. The summed E-state index contributed by atoms with van der Waals surface area (Å²) >= 11 is 0. The summed E-state index contributed by atoms with van der Waals surface area (Å²) in [6.07, 6.45) is 5.43. The van der Waals surface area contributed by atoms with Gasteiger partial charge in [0.1, 0.15) is 0 Å². The van der Waals surface area contributed by atoms with Crippen molar-refractivity contribution in [1.82, 2.24) is 5.32 Å². The number of hydrogen-bond acceptors (Lipinski definition) is 2. The number of nitrogens with one attached hydrogen (secondary N) is 2. The predicted octanol–water partition coefficient (Wildman–Crippen LogP) is 2.10. The summed E-state index contributed by atoms with van der Waals surface area (Å²) in [5, 5.41) is 5.76. The van der Waals surface area contributed by atoms with Crippen LogP contribution in [0.5, 0.6) is 0 Å². The number of hydrogen-bond donors (Lipinski definition) is 2. The highest BCUT2D eigenvalue weighted by Crippen LogP contribution is 2.25. The molecule has 0 saturated heterocycles. The van der Waals surface area contributed by atoms with Crippen LogP contribution in [0.15, 0.2) is 18.2 Å². The van der Waals surface area contributed by atoms with Gasteiger partial charge in [-0.05, 0) is 36.5 Å². The van der Waals surface area contributed by atoms with E-state index in [9.17, 15) is 9.59 Å². The Labute approximate surface area is 112 Å². The maximum atomic E-state index is 12.1. The SMILES string of the molecule is O=C1Cc2ccc(C(=O)NCC3CCCC3)cc2N1. The number of benzene rings is 1. The Balaban J connectivity index is 1.63. The van der Waals surface area contributed by atoms with Crippen LogP contribution in [-0.2, 0) is 11.2 Å². The fourth-order valence-electron chi connectivity index (χ4n) is 2.91. The van der Waals surface area contributed by atoms with Gasteiger partial charge in [-0.15, -0.1) is 0 Å². The van der Waals surface area contributed by atoms with E-state index in [2.05, 4.69) is 10.6 Å². The zero-order chi connectivity index (χ0) is 13.2. The predicted molar refractivity (Wildman–Crippen MR) is 73.1 cm³/mol. The molecule has 1 aliphatic heterocycles. The molecular formula is C15H18N2O2. The van der Waals surface area contributed by atoms with Crippen molar-refractivity contribution >= 4 is 17.5 Å². The number of fused-ring (bicyclic) bond motifs is 1. The van der Waals surface area contributed by atoms with Gasteiger partial charge in [0.15, 0.2) is 0 Å². The van der Waals surface area contributed by atoms with Gasteiger partial charge >= 0.3 is 0 Å². The topological polar surface area (TPSA) is 58.2 Å². The molecule has 0 atom stereocenters. The van der Waals surface area contributed by atoms with Crippen molar-refractivity contribution in [3.8, 4) is 0 Å². The monoisotopic (exact) mass is 258 g/mol. The van der Waals surface area contributed by atoms with E-state index in [-0.39, 0.29) is 11.8 Å². The second-order valence-electron chi connectivity index (χ2n) is 5.46. The van der Waals surface area contributed by atoms with E-state index >= 15 is 0 Å². The highest BCUT2D eigenvalue weighted by molar-refractivity contribution is 6.02. The number of rotatable bonds is 3. The van der Waals surface area contributed by atoms with Crippen molar-refractivity contribution in [3.05, 3.63) is 29.3 Å². The Bertz CT molecular complexity index is 519. The summed E-state index contributed by atoms with van der Waals surface area (Å²) in [5.41, 5.74) is 2.37. The molecule has 1 saturated carbocycles. The summed E-state index contributed by atoms with van der Waals surface area (Å²) in [6.45, 7) is 0.766. The van der Waals surface area contributed by atoms with Crippen molar-refractivity contribution in [3.63, 3.8) is 0 Å². The number of anilines is 1. The minimum Gasteiger partial charge on any atom is -0.352 e. The molecule has 1 aromatic rings. The zero-order valence-corrected chi connectivity index (χ0v) is 10.9. The van der Waals surface area contributed by atoms with Crippen molar-refractivity contribution in [2.45, 2.75) is 32.1 Å². The molecule has 0 radical (unpaired) electrons. The van der Waals surface area contributed by atoms with E-state index < -0.39 is 0 Å². The lowest BCUT2D eigenvalue weighted by Crippen LogP contribution is -2.28. The Morgan fingerprint density at radius 1 is 1.32 bits per heavy atom. The normalized spacial score (nSPS) is 18.2. The van der Waals surface area contributed by atoms with Crippen molar-refractivity contribution in [2.24, 2.45) is 5.92 Å². The van der Waals surface area contributed by atoms with Gasteiger partial charge in [0.05, 0.1) is 6.42 Å². The van der Waals surface area contributed by atoms with Gasteiger partial charge in [-0.1, -0.05) is 18.9 Å². The fraction of sp³-hybridized carbons (Fsp3) is 0.467. The Hall–Kier alpha value is -1.84. The first-order valence-electron chi connectivity index (χ1n) is 6.93. The van der Waals surface area contributed by atoms with Crippen LogP contribution in [0.4, 0.5) is 5.69 Å². The lowest BCUT2D eigenvalue weighted by Gasteiger charge is -2.11. The third kappa shape index (κ3) is 2.62. The molecule has 0 spiro atoms. The van der Waals surface area contributed by atoms with Gasteiger partial charge in [0.25, 0.3) is 5.91 Å². The van der Waals surface area contributed by atoms with Gasteiger partial charge in [-0.25, -0.2) is 0 Å². The van der Waals surface area contributed by atoms with Gasteiger partial charge < -0.3 is 10.6 Å². The van der Waals surface area contributed by atoms with Gasteiger partial charge in [0.2, 0.25) is 5.91 Å². The van der Waals surface area contributed by atoms with Gasteiger partial charge in [-0.3, -0.25) is 9.59 Å². The first-order valence-corrected chi connectivity index (χ1v) is 6.93. The standard InChI is InChI=1S/C15H18N2O2/c18-14-8-11-5-6-12(7-13(11)17-14)15(19)16-9-10-3-1-2-4-10/h5-7,10H,1-4,8-9H2,(H,16,19)(H,17,18). The van der Waals surface area contributed by atoms with Crippen LogP contribution >= 0.6 is 0 Å². The Morgan fingerprint density at radius 3 is 2.89 bits per heavy atom. The van der Waals surface area contributed by atoms with E-state index in [4.69, 9.17) is 0 Å². The van der Waals surface area contributed by atoms with Gasteiger partial charge in [0, 0.05) is 17.8 Å². The van der Waals surface area contributed by atoms with E-state index in [0.717, 1.165) is 17.8 Å². The van der Waals surface area contributed by atoms with Crippen LogP contribution < -0.4 is 10.6 Å². The lowest BCUT2D eigenvalue weighted by molar-refractivity contribution is -0.115. The average Bonchev–Trinajstić information content (AvgIpc) is 3.02. The Morgan fingerprint density at radius 2 is 2.11 bits per heavy atom. The third-order valence-electron chi connectivity index (χ3n) is 4.02. The van der Waals surface area contributed by atoms with Crippen LogP contribution in [0.3, 0.4) is 0 Å². The maximum Gasteiger partial charge on any atom is 0.251 e. The minimum absolute atomic E-state index is 0.00138. The molecule has 4 heteroatoms. The molecule has 2 aliphatic rings. The molecule has 1 heterocycles. The molecule has 1 aliphatic carbocycles. The largest absolute Gasteiger partial charge is 0.352 e. The van der Waals surface area contributed by atoms with E-state index in [1.54, 1.807) is 12.1 Å². The summed E-state index contributed by atoms with van der Waals surface area (Å²) in [6, 6.07) is 5.42. The molecule has 4 nitrogen and oxygen atoms in total. The molecule has 0 bridgehead atoms. The van der Waals surface area contributed by atoms with Crippen molar-refractivity contribution < 1.29 is 9.59 Å². The molecule has 100 valence electrons. The first kappa shape index (κ1) is 12.2. The average molecular weight is 258 g/mol.